The van der Waals surface area contributed by atoms with Crippen molar-refractivity contribution in [3.63, 3.8) is 0 Å². The van der Waals surface area contributed by atoms with Gasteiger partial charge in [-0.3, -0.25) is 0 Å². The number of hydrogen-bond donors (Lipinski definition) is 0. The second kappa shape index (κ2) is 5.63. The van der Waals surface area contributed by atoms with Crippen molar-refractivity contribution in [2.75, 3.05) is 21.3 Å². The Morgan fingerprint density at radius 1 is 0.882 bits per heavy atom. The summed E-state index contributed by atoms with van der Waals surface area (Å²) in [5.74, 6) is -3.20. The molecule has 0 atom stereocenters. The third-order valence-corrected chi connectivity index (χ3v) is 5.11. The lowest BCUT2D eigenvalue weighted by Crippen LogP contribution is -2.45. The van der Waals surface area contributed by atoms with Crippen LogP contribution in [0.1, 0.15) is 5.56 Å². The molecule has 7 heteroatoms. The van der Waals surface area contributed by atoms with E-state index < -0.39 is 26.3 Å². The quantitative estimate of drug-likeness (QED) is 0.603. The zero-order valence-electron chi connectivity index (χ0n) is 9.72. The van der Waals surface area contributed by atoms with E-state index in [0.29, 0.717) is 6.07 Å². The zero-order chi connectivity index (χ0) is 13.1. The van der Waals surface area contributed by atoms with Gasteiger partial charge < -0.3 is 13.3 Å². The fourth-order valence-corrected chi connectivity index (χ4v) is 3.07. The van der Waals surface area contributed by atoms with E-state index in [-0.39, 0.29) is 11.6 Å². The smallest absolute Gasteiger partial charge is 0.377 e. The first-order chi connectivity index (χ1) is 7.98. The molecule has 1 aromatic rings. The number of hydrogen-bond acceptors (Lipinski definition) is 3. The Balaban J connectivity index is 3.05. The molecule has 1 rings (SSSR count). The molecule has 0 saturated carbocycles. The van der Waals surface area contributed by atoms with Crippen LogP contribution in [0.5, 0.6) is 0 Å². The van der Waals surface area contributed by atoms with Gasteiger partial charge in [-0.15, -0.1) is 0 Å². The second-order valence-electron chi connectivity index (χ2n) is 3.33. The van der Waals surface area contributed by atoms with Gasteiger partial charge in [0.25, 0.3) is 0 Å². The normalized spacial score (nSPS) is 11.9. The average molecular weight is 266 g/mol. The number of rotatable bonds is 5. The highest BCUT2D eigenvalue weighted by atomic mass is 28.4. The Morgan fingerprint density at radius 3 is 1.82 bits per heavy atom. The maximum atomic E-state index is 13.4. The second-order valence-corrected chi connectivity index (χ2v) is 6.27. The van der Waals surface area contributed by atoms with Crippen molar-refractivity contribution < 1.29 is 26.4 Å². The van der Waals surface area contributed by atoms with Crippen LogP contribution in [0.3, 0.4) is 0 Å². The molecule has 0 unspecified atom stereocenters. The molecule has 0 heterocycles. The van der Waals surface area contributed by atoms with Crippen molar-refractivity contribution >= 4 is 8.80 Å². The summed E-state index contributed by atoms with van der Waals surface area (Å²) < 4.78 is 54.4. The minimum Gasteiger partial charge on any atom is -0.377 e. The molecule has 0 aliphatic rings. The van der Waals surface area contributed by atoms with Crippen LogP contribution in [0.25, 0.3) is 0 Å². The first-order valence-corrected chi connectivity index (χ1v) is 6.70. The highest BCUT2D eigenvalue weighted by Gasteiger charge is 2.39. The molecule has 0 amide bonds. The molecule has 0 aromatic heterocycles. The maximum Gasteiger partial charge on any atom is 0.504 e. The van der Waals surface area contributed by atoms with Crippen LogP contribution < -0.4 is 0 Å². The summed E-state index contributed by atoms with van der Waals surface area (Å²) >= 11 is 0. The van der Waals surface area contributed by atoms with Crippen molar-refractivity contribution in [2.45, 2.75) is 6.04 Å². The van der Waals surface area contributed by atoms with E-state index in [0.717, 1.165) is 6.07 Å². The molecule has 0 aliphatic carbocycles. The van der Waals surface area contributed by atoms with E-state index in [1.807, 2.05) is 0 Å². The van der Waals surface area contributed by atoms with Gasteiger partial charge in [-0.05, 0) is 11.6 Å². The molecule has 0 aliphatic heterocycles. The summed E-state index contributed by atoms with van der Waals surface area (Å²) in [4.78, 5) is 0. The Labute approximate surface area is 98.5 Å². The van der Waals surface area contributed by atoms with Gasteiger partial charge in [-0.1, -0.05) is 0 Å². The Hall–Kier alpha value is -0.893. The van der Waals surface area contributed by atoms with E-state index in [4.69, 9.17) is 13.3 Å². The van der Waals surface area contributed by atoms with E-state index >= 15 is 0 Å². The largest absolute Gasteiger partial charge is 0.504 e. The van der Waals surface area contributed by atoms with E-state index in [9.17, 15) is 13.2 Å². The molecule has 0 spiro atoms. The van der Waals surface area contributed by atoms with E-state index in [2.05, 4.69) is 0 Å². The zero-order valence-corrected chi connectivity index (χ0v) is 10.7. The summed E-state index contributed by atoms with van der Waals surface area (Å²) in [6, 6.07) is 1.20. The van der Waals surface area contributed by atoms with Gasteiger partial charge in [-0.2, -0.15) is 0 Å². The molecular weight excluding hydrogens is 253 g/mol. The van der Waals surface area contributed by atoms with Crippen LogP contribution in [0.2, 0.25) is 0 Å². The van der Waals surface area contributed by atoms with Crippen LogP contribution in [0.15, 0.2) is 12.1 Å². The van der Waals surface area contributed by atoms with Gasteiger partial charge in [0.15, 0.2) is 11.6 Å². The summed E-state index contributed by atoms with van der Waals surface area (Å²) in [6.45, 7) is 0. The van der Waals surface area contributed by atoms with Crippen LogP contribution >= 0.6 is 0 Å². The van der Waals surface area contributed by atoms with Crippen molar-refractivity contribution in [3.8, 4) is 0 Å². The van der Waals surface area contributed by atoms with Gasteiger partial charge >= 0.3 is 8.80 Å². The summed E-state index contributed by atoms with van der Waals surface area (Å²) in [5.41, 5.74) is -0.0406. The summed E-state index contributed by atoms with van der Waals surface area (Å²) in [6.07, 6.45) is 0. The SMILES string of the molecule is CO[Si](Cc1cc(F)c(F)cc1F)(OC)OC. The molecule has 96 valence electrons. The molecule has 1 aromatic carbocycles. The molecule has 0 bridgehead atoms. The Kier molecular flexibility index (Phi) is 4.69. The molecule has 0 saturated heterocycles. The molecule has 0 fully saturated rings. The van der Waals surface area contributed by atoms with Gasteiger partial charge in [0, 0.05) is 33.4 Å². The minimum atomic E-state index is -3.06. The van der Waals surface area contributed by atoms with Gasteiger partial charge in [0.05, 0.1) is 0 Å². The molecule has 3 nitrogen and oxygen atoms in total. The van der Waals surface area contributed by atoms with Crippen LogP contribution in [0.4, 0.5) is 13.2 Å². The summed E-state index contributed by atoms with van der Waals surface area (Å²) in [7, 11) is 1.02. The highest BCUT2D eigenvalue weighted by Crippen LogP contribution is 2.19. The standard InChI is InChI=1S/C10H13F3O3Si/c1-14-17(15-2,16-3)6-7-4-9(12)10(13)5-8(7)11/h4-5H,6H2,1-3H3. The number of benzene rings is 1. The maximum absolute atomic E-state index is 13.4. The average Bonchev–Trinajstić information content (AvgIpc) is 2.33. The lowest BCUT2D eigenvalue weighted by molar-refractivity contribution is 0.122. The first-order valence-electron chi connectivity index (χ1n) is 4.77. The predicted octanol–water partition coefficient (Wildman–Crippen LogP) is 2.06. The molecule has 17 heavy (non-hydrogen) atoms. The third-order valence-electron chi connectivity index (χ3n) is 2.43. The van der Waals surface area contributed by atoms with Gasteiger partial charge in [-0.25, -0.2) is 13.2 Å². The highest BCUT2D eigenvalue weighted by molar-refractivity contribution is 6.60. The fourth-order valence-electron chi connectivity index (χ4n) is 1.40. The van der Waals surface area contributed by atoms with Crippen molar-refractivity contribution in [1.82, 2.24) is 0 Å². The topological polar surface area (TPSA) is 27.7 Å². The van der Waals surface area contributed by atoms with E-state index in [1.54, 1.807) is 0 Å². The van der Waals surface area contributed by atoms with Crippen LogP contribution in [-0.4, -0.2) is 30.1 Å². The van der Waals surface area contributed by atoms with Crippen molar-refractivity contribution in [3.05, 3.63) is 35.1 Å². The Morgan fingerprint density at radius 2 is 1.35 bits per heavy atom. The van der Waals surface area contributed by atoms with Gasteiger partial charge in [0.1, 0.15) is 5.82 Å². The first kappa shape index (κ1) is 14.2. The lowest BCUT2D eigenvalue weighted by Gasteiger charge is -2.24. The minimum absolute atomic E-state index is 0.0406. The lowest BCUT2D eigenvalue weighted by atomic mass is 10.2. The van der Waals surface area contributed by atoms with Gasteiger partial charge in [0.2, 0.25) is 0 Å². The molecule has 0 N–H and O–H groups in total. The van der Waals surface area contributed by atoms with Crippen molar-refractivity contribution in [1.29, 1.82) is 0 Å². The number of halogens is 3. The predicted molar refractivity (Wildman–Crippen MR) is 56.8 cm³/mol. The monoisotopic (exact) mass is 266 g/mol. The summed E-state index contributed by atoms with van der Waals surface area (Å²) in [5, 5.41) is 0. The third kappa shape index (κ3) is 3.06. The fraction of sp³-hybridized carbons (Fsp3) is 0.400. The Bertz CT molecular complexity index is 388. The van der Waals surface area contributed by atoms with E-state index in [1.165, 1.54) is 21.3 Å². The van der Waals surface area contributed by atoms with Crippen LogP contribution in [0, 0.1) is 17.5 Å². The van der Waals surface area contributed by atoms with Crippen LogP contribution in [-0.2, 0) is 19.3 Å². The molecular formula is C10H13F3O3Si. The molecule has 0 radical (unpaired) electrons. The van der Waals surface area contributed by atoms with Crippen molar-refractivity contribution in [2.24, 2.45) is 0 Å².